The zero-order valence-electron chi connectivity index (χ0n) is 10.8. The van der Waals surface area contributed by atoms with Gasteiger partial charge in [-0.1, -0.05) is 26.2 Å². The summed E-state index contributed by atoms with van der Waals surface area (Å²) in [6, 6.07) is 6.62. The van der Waals surface area contributed by atoms with Gasteiger partial charge in [-0.3, -0.25) is 0 Å². The minimum absolute atomic E-state index is 0.0233. The van der Waals surface area contributed by atoms with E-state index in [9.17, 15) is 13.2 Å². The lowest BCUT2D eigenvalue weighted by Crippen LogP contribution is -2.34. The Morgan fingerprint density at radius 3 is 2.26 bits per heavy atom. The fourth-order valence-electron chi connectivity index (χ4n) is 1.72. The number of hydrogen-bond acceptors (Lipinski definition) is 1. The lowest BCUT2D eigenvalue weighted by atomic mass is 10.1. The van der Waals surface area contributed by atoms with Crippen LogP contribution in [0.4, 0.5) is 13.2 Å². The highest BCUT2D eigenvalue weighted by Gasteiger charge is 2.41. The Kier molecular flexibility index (Phi) is 6.96. The second-order valence-electron chi connectivity index (χ2n) is 4.45. The van der Waals surface area contributed by atoms with Crippen LogP contribution in [0.15, 0.2) is 24.3 Å². The summed E-state index contributed by atoms with van der Waals surface area (Å²) in [5.41, 5.74) is 0. The van der Waals surface area contributed by atoms with Gasteiger partial charge in [0.05, 0.1) is 0 Å². The molecule has 0 N–H and O–H groups in total. The molecular weight excluding hydrogens is 368 g/mol. The highest BCUT2D eigenvalue weighted by molar-refractivity contribution is 14.1. The third kappa shape index (κ3) is 6.49. The highest BCUT2D eigenvalue weighted by Crippen LogP contribution is 2.29. The molecule has 0 amide bonds. The summed E-state index contributed by atoms with van der Waals surface area (Å²) >= 11 is 2.10. The topological polar surface area (TPSA) is 9.23 Å². The minimum atomic E-state index is -4.31. The zero-order chi connectivity index (χ0) is 14.3. The summed E-state index contributed by atoms with van der Waals surface area (Å²) in [4.78, 5) is 0. The molecule has 0 bridgehead atoms. The van der Waals surface area contributed by atoms with Crippen LogP contribution in [0, 0.1) is 3.57 Å². The zero-order valence-corrected chi connectivity index (χ0v) is 13.0. The first kappa shape index (κ1) is 16.6. The van der Waals surface area contributed by atoms with E-state index in [2.05, 4.69) is 22.6 Å². The van der Waals surface area contributed by atoms with Crippen LogP contribution in [0.3, 0.4) is 0 Å². The molecule has 1 nitrogen and oxygen atoms in total. The molecule has 0 aromatic heterocycles. The molecule has 19 heavy (non-hydrogen) atoms. The molecule has 0 aliphatic heterocycles. The van der Waals surface area contributed by atoms with E-state index >= 15 is 0 Å². The summed E-state index contributed by atoms with van der Waals surface area (Å²) < 4.78 is 44.7. The molecule has 1 aromatic carbocycles. The molecule has 5 heteroatoms. The van der Waals surface area contributed by atoms with Gasteiger partial charge in [-0.05, 0) is 59.7 Å². The number of ether oxygens (including phenoxy) is 1. The molecule has 0 fully saturated rings. The Balaban J connectivity index is 2.57. The van der Waals surface area contributed by atoms with Gasteiger partial charge >= 0.3 is 6.18 Å². The molecule has 0 aliphatic carbocycles. The van der Waals surface area contributed by atoms with Crippen molar-refractivity contribution in [2.75, 3.05) is 0 Å². The van der Waals surface area contributed by atoms with Crippen LogP contribution in [0.1, 0.15) is 39.0 Å². The molecule has 0 saturated heterocycles. The van der Waals surface area contributed by atoms with E-state index in [1.165, 1.54) is 0 Å². The molecule has 0 aliphatic rings. The van der Waals surface area contributed by atoms with Crippen LogP contribution in [-0.4, -0.2) is 12.3 Å². The average molecular weight is 386 g/mol. The van der Waals surface area contributed by atoms with Gasteiger partial charge in [-0.15, -0.1) is 0 Å². The number of unbranched alkanes of at least 4 members (excludes halogenated alkanes) is 3. The molecule has 0 heterocycles. The maximum atomic E-state index is 12.9. The van der Waals surface area contributed by atoms with Crippen LogP contribution >= 0.6 is 22.6 Å². The van der Waals surface area contributed by atoms with E-state index in [0.29, 0.717) is 6.42 Å². The van der Waals surface area contributed by atoms with Gasteiger partial charge in [0, 0.05) is 3.57 Å². The average Bonchev–Trinajstić information content (AvgIpc) is 2.34. The molecule has 0 radical (unpaired) electrons. The van der Waals surface area contributed by atoms with E-state index in [4.69, 9.17) is 4.74 Å². The predicted octanol–water partition coefficient (Wildman–Crippen LogP) is 5.57. The normalized spacial score (nSPS) is 13.3. The van der Waals surface area contributed by atoms with Crippen LogP contribution in [-0.2, 0) is 0 Å². The quantitative estimate of drug-likeness (QED) is 0.440. The van der Waals surface area contributed by atoms with Crippen molar-refractivity contribution in [2.24, 2.45) is 0 Å². The Morgan fingerprint density at radius 1 is 1.11 bits per heavy atom. The maximum absolute atomic E-state index is 12.9. The molecule has 108 valence electrons. The number of rotatable bonds is 7. The summed E-state index contributed by atoms with van der Waals surface area (Å²) in [6.45, 7) is 2.03. The monoisotopic (exact) mass is 386 g/mol. The fraction of sp³-hybridized carbons (Fsp3) is 0.571. The third-order valence-electron chi connectivity index (χ3n) is 2.78. The second-order valence-corrected chi connectivity index (χ2v) is 5.70. The van der Waals surface area contributed by atoms with Gasteiger partial charge in [0.1, 0.15) is 5.75 Å². The second kappa shape index (κ2) is 7.97. The van der Waals surface area contributed by atoms with E-state index in [-0.39, 0.29) is 12.2 Å². The first-order chi connectivity index (χ1) is 8.93. The standard InChI is InChI=1S/C14H18F3IO/c1-2-3-4-5-6-13(14(15,16)17)19-12-9-7-11(18)8-10-12/h7-10,13H,2-6H2,1H3/t13-/m0/s1. The van der Waals surface area contributed by atoms with E-state index in [0.717, 1.165) is 22.8 Å². The number of halogens is 4. The molecule has 0 unspecified atom stereocenters. The van der Waals surface area contributed by atoms with Crippen LogP contribution in [0.25, 0.3) is 0 Å². The van der Waals surface area contributed by atoms with Crippen molar-refractivity contribution in [2.45, 2.75) is 51.3 Å². The number of hydrogen-bond donors (Lipinski definition) is 0. The van der Waals surface area contributed by atoms with E-state index in [1.54, 1.807) is 24.3 Å². The first-order valence-electron chi connectivity index (χ1n) is 6.42. The molecule has 0 spiro atoms. The van der Waals surface area contributed by atoms with Crippen LogP contribution in [0.2, 0.25) is 0 Å². The van der Waals surface area contributed by atoms with E-state index in [1.807, 2.05) is 6.92 Å². The smallest absolute Gasteiger partial charge is 0.425 e. The third-order valence-corrected chi connectivity index (χ3v) is 3.50. The van der Waals surface area contributed by atoms with Crippen molar-refractivity contribution < 1.29 is 17.9 Å². The molecule has 1 atom stereocenters. The van der Waals surface area contributed by atoms with Gasteiger partial charge in [-0.2, -0.15) is 13.2 Å². The van der Waals surface area contributed by atoms with Gasteiger partial charge in [0.2, 0.25) is 0 Å². The van der Waals surface area contributed by atoms with Crippen molar-refractivity contribution in [3.63, 3.8) is 0 Å². The Labute approximate surface area is 125 Å². The van der Waals surface area contributed by atoms with Crippen LogP contribution in [0.5, 0.6) is 5.75 Å². The van der Waals surface area contributed by atoms with Crippen molar-refractivity contribution in [3.8, 4) is 5.75 Å². The first-order valence-corrected chi connectivity index (χ1v) is 7.50. The number of benzene rings is 1. The Morgan fingerprint density at radius 2 is 1.74 bits per heavy atom. The van der Waals surface area contributed by atoms with Gasteiger partial charge < -0.3 is 4.74 Å². The number of alkyl halides is 3. The summed E-state index contributed by atoms with van der Waals surface area (Å²) in [5, 5.41) is 0. The van der Waals surface area contributed by atoms with E-state index < -0.39 is 12.3 Å². The highest BCUT2D eigenvalue weighted by atomic mass is 127. The van der Waals surface area contributed by atoms with Crippen molar-refractivity contribution in [3.05, 3.63) is 27.8 Å². The minimum Gasteiger partial charge on any atom is -0.481 e. The summed E-state index contributed by atoms with van der Waals surface area (Å²) in [5.74, 6) is 0.276. The molecule has 1 rings (SSSR count). The van der Waals surface area contributed by atoms with Crippen molar-refractivity contribution in [1.29, 1.82) is 0 Å². The summed E-state index contributed by atoms with van der Waals surface area (Å²) in [7, 11) is 0. The predicted molar refractivity (Wildman–Crippen MR) is 78.4 cm³/mol. The lowest BCUT2D eigenvalue weighted by molar-refractivity contribution is -0.197. The van der Waals surface area contributed by atoms with Gasteiger partial charge in [0.25, 0.3) is 0 Å². The molecule has 0 saturated carbocycles. The maximum Gasteiger partial charge on any atom is 0.425 e. The van der Waals surface area contributed by atoms with Gasteiger partial charge in [-0.25, -0.2) is 0 Å². The fourth-order valence-corrected chi connectivity index (χ4v) is 2.08. The Bertz CT molecular complexity index is 362. The summed E-state index contributed by atoms with van der Waals surface area (Å²) in [6.07, 6.45) is -2.65. The SMILES string of the molecule is CCCCCC[C@H](Oc1ccc(I)cc1)C(F)(F)F. The lowest BCUT2D eigenvalue weighted by Gasteiger charge is -2.21. The Hall–Kier alpha value is -0.460. The molecular formula is C14H18F3IO. The molecule has 1 aromatic rings. The van der Waals surface area contributed by atoms with Crippen molar-refractivity contribution >= 4 is 22.6 Å². The van der Waals surface area contributed by atoms with Crippen LogP contribution < -0.4 is 4.74 Å². The van der Waals surface area contributed by atoms with Crippen molar-refractivity contribution in [1.82, 2.24) is 0 Å². The largest absolute Gasteiger partial charge is 0.481 e. The van der Waals surface area contributed by atoms with Gasteiger partial charge in [0.15, 0.2) is 6.10 Å².